The number of benzene rings is 1. The Morgan fingerprint density at radius 1 is 1.00 bits per heavy atom. The van der Waals surface area contributed by atoms with Gasteiger partial charge in [0.05, 0.1) is 6.42 Å². The molecular formula is C19H28O2. The van der Waals surface area contributed by atoms with Crippen LogP contribution in [0, 0.1) is 11.3 Å². The molecule has 0 radical (unpaired) electrons. The molecule has 0 aromatic heterocycles. The van der Waals surface area contributed by atoms with E-state index in [1.165, 1.54) is 5.56 Å². The van der Waals surface area contributed by atoms with Crippen LogP contribution in [0.15, 0.2) is 24.3 Å². The van der Waals surface area contributed by atoms with Gasteiger partial charge in [-0.05, 0) is 23.5 Å². The zero-order chi connectivity index (χ0) is 16.2. The van der Waals surface area contributed by atoms with Gasteiger partial charge in [-0.15, -0.1) is 0 Å². The Labute approximate surface area is 128 Å². The van der Waals surface area contributed by atoms with Crippen LogP contribution in [0.2, 0.25) is 0 Å². The second-order valence-electron chi connectivity index (χ2n) is 7.38. The molecule has 1 aromatic rings. The van der Waals surface area contributed by atoms with Crippen molar-refractivity contribution in [3.8, 4) is 0 Å². The third kappa shape index (κ3) is 5.45. The van der Waals surface area contributed by atoms with E-state index in [0.29, 0.717) is 5.92 Å². The second-order valence-corrected chi connectivity index (χ2v) is 7.38. The quantitative estimate of drug-likeness (QED) is 0.719. The Kier molecular flexibility index (Phi) is 5.88. The molecule has 1 aromatic carbocycles. The van der Waals surface area contributed by atoms with Gasteiger partial charge in [0.2, 0.25) is 0 Å². The highest BCUT2D eigenvalue weighted by molar-refractivity contribution is 6.03. The molecule has 21 heavy (non-hydrogen) atoms. The number of ketones is 2. The van der Waals surface area contributed by atoms with Gasteiger partial charge in [-0.25, -0.2) is 0 Å². The number of carbonyl (C=O) groups excluding carboxylic acids is 2. The predicted molar refractivity (Wildman–Crippen MR) is 87.5 cm³/mol. The molecular weight excluding hydrogens is 260 g/mol. The van der Waals surface area contributed by atoms with Crippen molar-refractivity contribution in [1.29, 1.82) is 0 Å². The zero-order valence-electron chi connectivity index (χ0n) is 14.2. The summed E-state index contributed by atoms with van der Waals surface area (Å²) in [5.41, 5.74) is 1.84. The van der Waals surface area contributed by atoms with E-state index in [4.69, 9.17) is 0 Å². The average Bonchev–Trinajstić information content (AvgIpc) is 2.36. The van der Waals surface area contributed by atoms with Crippen molar-refractivity contribution in [1.82, 2.24) is 0 Å². The van der Waals surface area contributed by atoms with Crippen LogP contribution in [-0.2, 0) is 16.0 Å². The summed E-state index contributed by atoms with van der Waals surface area (Å²) in [5.74, 6) is 0.422. The van der Waals surface area contributed by atoms with Gasteiger partial charge >= 0.3 is 0 Å². The van der Waals surface area contributed by atoms with Gasteiger partial charge in [0, 0.05) is 11.3 Å². The molecule has 0 amide bonds. The van der Waals surface area contributed by atoms with Crippen LogP contribution in [0.3, 0.4) is 0 Å². The first kappa shape index (κ1) is 17.6. The van der Waals surface area contributed by atoms with Crippen molar-refractivity contribution >= 4 is 11.6 Å². The van der Waals surface area contributed by atoms with Crippen LogP contribution < -0.4 is 0 Å². The van der Waals surface area contributed by atoms with Gasteiger partial charge < -0.3 is 0 Å². The Morgan fingerprint density at radius 2 is 1.52 bits per heavy atom. The first-order valence-electron chi connectivity index (χ1n) is 7.76. The van der Waals surface area contributed by atoms with Crippen molar-refractivity contribution in [2.75, 3.05) is 0 Å². The van der Waals surface area contributed by atoms with Crippen LogP contribution in [-0.4, -0.2) is 11.6 Å². The van der Waals surface area contributed by atoms with Crippen molar-refractivity contribution in [3.63, 3.8) is 0 Å². The van der Waals surface area contributed by atoms with Crippen molar-refractivity contribution in [2.24, 2.45) is 11.3 Å². The monoisotopic (exact) mass is 288 g/mol. The third-order valence-electron chi connectivity index (χ3n) is 3.78. The van der Waals surface area contributed by atoms with Gasteiger partial charge in [-0.1, -0.05) is 65.8 Å². The lowest BCUT2D eigenvalue weighted by atomic mass is 9.84. The molecule has 1 rings (SSSR count). The van der Waals surface area contributed by atoms with Gasteiger partial charge in [0.25, 0.3) is 0 Å². The maximum absolute atomic E-state index is 12.2. The molecule has 116 valence electrons. The largest absolute Gasteiger partial charge is 0.299 e. The molecule has 0 fully saturated rings. The minimum atomic E-state index is -0.448. The van der Waals surface area contributed by atoms with Crippen LogP contribution >= 0.6 is 0 Å². The standard InChI is InChI=1S/C19H28O2/c1-13(2)11-15-7-9-16(10-8-15)14(3)17(20)12-18(21)19(4,5)6/h7-10,13-14H,11-12H2,1-6H3. The Morgan fingerprint density at radius 3 is 1.95 bits per heavy atom. The lowest BCUT2D eigenvalue weighted by molar-refractivity contribution is -0.132. The first-order valence-corrected chi connectivity index (χ1v) is 7.76. The fraction of sp³-hybridized carbons (Fsp3) is 0.579. The van der Waals surface area contributed by atoms with Gasteiger partial charge in [-0.3, -0.25) is 9.59 Å². The molecule has 0 N–H and O–H groups in total. The molecule has 0 aliphatic rings. The summed E-state index contributed by atoms with van der Waals surface area (Å²) < 4.78 is 0. The minimum absolute atomic E-state index is 0.00605. The summed E-state index contributed by atoms with van der Waals surface area (Å²) in [6.45, 7) is 11.8. The van der Waals surface area contributed by atoms with Gasteiger partial charge in [-0.2, -0.15) is 0 Å². The first-order chi connectivity index (χ1) is 9.61. The summed E-state index contributed by atoms with van der Waals surface area (Å²) in [5, 5.41) is 0. The second kappa shape index (κ2) is 7.02. The number of hydrogen-bond acceptors (Lipinski definition) is 2. The maximum Gasteiger partial charge on any atom is 0.147 e. The number of rotatable bonds is 6. The third-order valence-corrected chi connectivity index (χ3v) is 3.78. The van der Waals surface area contributed by atoms with E-state index in [9.17, 15) is 9.59 Å². The Bertz CT molecular complexity index is 489. The SMILES string of the molecule is CC(C)Cc1ccc(C(C)C(=O)CC(=O)C(C)(C)C)cc1. The van der Waals surface area contributed by atoms with Crippen LogP contribution in [0.25, 0.3) is 0 Å². The summed E-state index contributed by atoms with van der Waals surface area (Å²) in [4.78, 5) is 24.2. The number of carbonyl (C=O) groups is 2. The molecule has 0 aliphatic carbocycles. The molecule has 1 unspecified atom stereocenters. The van der Waals surface area contributed by atoms with E-state index < -0.39 is 5.41 Å². The van der Waals surface area contributed by atoms with E-state index in [-0.39, 0.29) is 23.9 Å². The number of Topliss-reactive ketones (excluding diaryl/α,β-unsaturated/α-hetero) is 2. The normalized spacial score (nSPS) is 13.3. The molecule has 0 heterocycles. The molecule has 0 bridgehead atoms. The summed E-state index contributed by atoms with van der Waals surface area (Å²) in [6, 6.07) is 8.21. The smallest absolute Gasteiger partial charge is 0.147 e. The van der Waals surface area contributed by atoms with Crippen LogP contribution in [0.4, 0.5) is 0 Å². The summed E-state index contributed by atoms with van der Waals surface area (Å²) in [6.07, 6.45) is 1.07. The van der Waals surface area contributed by atoms with E-state index >= 15 is 0 Å². The number of hydrogen-bond donors (Lipinski definition) is 0. The molecule has 1 atom stereocenters. The molecule has 0 saturated carbocycles. The topological polar surface area (TPSA) is 34.1 Å². The predicted octanol–water partition coefficient (Wildman–Crippen LogP) is 4.56. The molecule has 0 spiro atoms. The molecule has 0 saturated heterocycles. The Balaban J connectivity index is 2.72. The van der Waals surface area contributed by atoms with Crippen molar-refractivity contribution in [2.45, 2.75) is 60.3 Å². The fourth-order valence-corrected chi connectivity index (χ4v) is 2.18. The fourth-order valence-electron chi connectivity index (χ4n) is 2.18. The molecule has 0 aliphatic heterocycles. The summed E-state index contributed by atoms with van der Waals surface area (Å²) in [7, 11) is 0. The van der Waals surface area contributed by atoms with Crippen LogP contribution in [0.5, 0.6) is 0 Å². The van der Waals surface area contributed by atoms with Crippen molar-refractivity contribution < 1.29 is 9.59 Å². The average molecular weight is 288 g/mol. The van der Waals surface area contributed by atoms with Crippen molar-refractivity contribution in [3.05, 3.63) is 35.4 Å². The highest BCUT2D eigenvalue weighted by atomic mass is 16.1. The minimum Gasteiger partial charge on any atom is -0.299 e. The lowest BCUT2D eigenvalue weighted by Crippen LogP contribution is -2.25. The van der Waals surface area contributed by atoms with E-state index in [2.05, 4.69) is 26.0 Å². The van der Waals surface area contributed by atoms with Gasteiger partial charge in [0.1, 0.15) is 11.6 Å². The van der Waals surface area contributed by atoms with E-state index in [1.54, 1.807) is 0 Å². The lowest BCUT2D eigenvalue weighted by Gasteiger charge is -2.18. The summed E-state index contributed by atoms with van der Waals surface area (Å²) >= 11 is 0. The zero-order valence-corrected chi connectivity index (χ0v) is 14.2. The van der Waals surface area contributed by atoms with Gasteiger partial charge in [0.15, 0.2) is 0 Å². The molecule has 2 nitrogen and oxygen atoms in total. The highest BCUT2D eigenvalue weighted by Gasteiger charge is 2.26. The Hall–Kier alpha value is -1.44. The van der Waals surface area contributed by atoms with E-state index in [0.717, 1.165) is 12.0 Å². The molecule has 2 heteroatoms. The van der Waals surface area contributed by atoms with Crippen LogP contribution in [0.1, 0.15) is 65.0 Å². The maximum atomic E-state index is 12.2. The van der Waals surface area contributed by atoms with E-state index in [1.807, 2.05) is 39.8 Å². The highest BCUT2D eigenvalue weighted by Crippen LogP contribution is 2.23.